The lowest BCUT2D eigenvalue weighted by Crippen LogP contribution is -1.98. The molecule has 1 aromatic rings. The van der Waals surface area contributed by atoms with Crippen LogP contribution in [0.25, 0.3) is 0 Å². The van der Waals surface area contributed by atoms with E-state index >= 15 is 0 Å². The second-order valence-electron chi connectivity index (χ2n) is 2.46. The minimum absolute atomic E-state index is 0.164. The van der Waals surface area contributed by atoms with Crippen molar-refractivity contribution in [2.45, 2.75) is 6.54 Å². The number of nitro groups is 1. The van der Waals surface area contributed by atoms with E-state index in [1.54, 1.807) is 25.3 Å². The fourth-order valence-electron chi connectivity index (χ4n) is 0.957. The van der Waals surface area contributed by atoms with Gasteiger partial charge in [0.05, 0.1) is 11.6 Å². The van der Waals surface area contributed by atoms with Crippen molar-refractivity contribution >= 4 is 15.9 Å². The second-order valence-corrected chi connectivity index (χ2v) is 3.31. The van der Waals surface area contributed by atoms with E-state index in [4.69, 9.17) is 4.74 Å². The van der Waals surface area contributed by atoms with Gasteiger partial charge in [0.15, 0.2) is 0 Å². The Labute approximate surface area is 83.8 Å². The number of rotatable bonds is 3. The van der Waals surface area contributed by atoms with Crippen LogP contribution in [0.4, 0.5) is 0 Å². The standard InChI is InChI=1S/C8H8BrNO3/c1-13-8-3-2-6(4-7(8)9)5-10(11)12/h2-4H,5H2,1H3. The van der Waals surface area contributed by atoms with Gasteiger partial charge in [-0.15, -0.1) is 0 Å². The number of hydrogen-bond donors (Lipinski definition) is 0. The van der Waals surface area contributed by atoms with E-state index in [0.717, 1.165) is 4.47 Å². The van der Waals surface area contributed by atoms with Gasteiger partial charge in [0, 0.05) is 10.5 Å². The van der Waals surface area contributed by atoms with Crippen molar-refractivity contribution in [2.24, 2.45) is 0 Å². The Hall–Kier alpha value is -1.10. The highest BCUT2D eigenvalue weighted by molar-refractivity contribution is 9.10. The molecule has 0 saturated carbocycles. The van der Waals surface area contributed by atoms with E-state index in [0.29, 0.717) is 11.3 Å². The third-order valence-corrected chi connectivity index (χ3v) is 2.15. The molecule has 13 heavy (non-hydrogen) atoms. The Morgan fingerprint density at radius 2 is 2.31 bits per heavy atom. The molecule has 0 amide bonds. The normalized spacial score (nSPS) is 9.69. The number of ether oxygens (including phenoxy) is 1. The summed E-state index contributed by atoms with van der Waals surface area (Å²) in [6.45, 7) is -0.164. The number of nitrogens with zero attached hydrogens (tertiary/aromatic N) is 1. The molecule has 0 bridgehead atoms. The molecule has 1 aromatic carbocycles. The van der Waals surface area contributed by atoms with Gasteiger partial charge in [-0.25, -0.2) is 0 Å². The van der Waals surface area contributed by atoms with E-state index in [9.17, 15) is 10.1 Å². The van der Waals surface area contributed by atoms with E-state index in [1.165, 1.54) is 0 Å². The molecule has 0 fully saturated rings. The Balaban J connectivity index is 2.89. The zero-order valence-electron chi connectivity index (χ0n) is 6.99. The Morgan fingerprint density at radius 1 is 1.62 bits per heavy atom. The van der Waals surface area contributed by atoms with Crippen molar-refractivity contribution in [1.29, 1.82) is 0 Å². The van der Waals surface area contributed by atoms with Gasteiger partial charge in [0.2, 0.25) is 6.54 Å². The molecule has 0 N–H and O–H groups in total. The van der Waals surface area contributed by atoms with Crippen LogP contribution in [0.1, 0.15) is 5.56 Å². The topological polar surface area (TPSA) is 52.4 Å². The highest BCUT2D eigenvalue weighted by Gasteiger charge is 2.05. The first-order chi connectivity index (χ1) is 6.13. The predicted molar refractivity (Wildman–Crippen MR) is 51.4 cm³/mol. The lowest BCUT2D eigenvalue weighted by Gasteiger charge is -2.03. The molecule has 0 radical (unpaired) electrons. The molecule has 0 heterocycles. The Morgan fingerprint density at radius 3 is 2.77 bits per heavy atom. The molecule has 4 nitrogen and oxygen atoms in total. The van der Waals surface area contributed by atoms with Gasteiger partial charge in [0.25, 0.3) is 0 Å². The van der Waals surface area contributed by atoms with Crippen molar-refractivity contribution in [3.05, 3.63) is 38.3 Å². The average molecular weight is 246 g/mol. The maximum atomic E-state index is 10.2. The Bertz CT molecular complexity index is 327. The van der Waals surface area contributed by atoms with Crippen LogP contribution in [-0.2, 0) is 6.54 Å². The molecular formula is C8H8BrNO3. The first-order valence-electron chi connectivity index (χ1n) is 3.57. The summed E-state index contributed by atoms with van der Waals surface area (Å²) in [5, 5.41) is 10.2. The quantitative estimate of drug-likeness (QED) is 0.607. The summed E-state index contributed by atoms with van der Waals surface area (Å²) in [6.07, 6.45) is 0. The van der Waals surface area contributed by atoms with Crippen LogP contribution in [0, 0.1) is 10.1 Å². The van der Waals surface area contributed by atoms with E-state index in [-0.39, 0.29) is 11.5 Å². The van der Waals surface area contributed by atoms with Gasteiger partial charge in [-0.1, -0.05) is 0 Å². The van der Waals surface area contributed by atoms with Crippen LogP contribution in [0.3, 0.4) is 0 Å². The summed E-state index contributed by atoms with van der Waals surface area (Å²) in [5.41, 5.74) is 0.651. The van der Waals surface area contributed by atoms with Gasteiger partial charge >= 0.3 is 0 Å². The minimum Gasteiger partial charge on any atom is -0.496 e. The summed E-state index contributed by atoms with van der Waals surface area (Å²) in [4.78, 5) is 9.83. The lowest BCUT2D eigenvalue weighted by atomic mass is 10.2. The molecule has 0 aliphatic rings. The molecular weight excluding hydrogens is 238 g/mol. The molecule has 0 aliphatic heterocycles. The largest absolute Gasteiger partial charge is 0.496 e. The monoisotopic (exact) mass is 245 g/mol. The summed E-state index contributed by atoms with van der Waals surface area (Å²) in [7, 11) is 1.55. The number of halogens is 1. The second kappa shape index (κ2) is 4.23. The fraction of sp³-hybridized carbons (Fsp3) is 0.250. The molecule has 70 valence electrons. The predicted octanol–water partition coefficient (Wildman–Crippen LogP) is 2.23. The van der Waals surface area contributed by atoms with Gasteiger partial charge in [-0.05, 0) is 34.1 Å². The SMILES string of the molecule is COc1ccc(C[N+](=O)[O-])cc1Br. The third kappa shape index (κ3) is 2.69. The highest BCUT2D eigenvalue weighted by Crippen LogP contribution is 2.25. The number of methoxy groups -OCH3 is 1. The molecule has 0 saturated heterocycles. The lowest BCUT2D eigenvalue weighted by molar-refractivity contribution is -0.496. The Kier molecular flexibility index (Phi) is 3.25. The van der Waals surface area contributed by atoms with Crippen LogP contribution in [0.5, 0.6) is 5.75 Å². The molecule has 0 spiro atoms. The maximum absolute atomic E-state index is 10.2. The maximum Gasteiger partial charge on any atom is 0.228 e. The first-order valence-corrected chi connectivity index (χ1v) is 4.37. The van der Waals surface area contributed by atoms with Crippen LogP contribution in [0.2, 0.25) is 0 Å². The van der Waals surface area contributed by atoms with Crippen LogP contribution >= 0.6 is 15.9 Å². The van der Waals surface area contributed by atoms with Gasteiger partial charge in [-0.2, -0.15) is 0 Å². The van der Waals surface area contributed by atoms with Crippen LogP contribution in [0.15, 0.2) is 22.7 Å². The van der Waals surface area contributed by atoms with E-state index < -0.39 is 0 Å². The zero-order valence-corrected chi connectivity index (χ0v) is 8.58. The van der Waals surface area contributed by atoms with Crippen molar-refractivity contribution in [3.63, 3.8) is 0 Å². The van der Waals surface area contributed by atoms with Crippen molar-refractivity contribution < 1.29 is 9.66 Å². The van der Waals surface area contributed by atoms with Crippen molar-refractivity contribution in [1.82, 2.24) is 0 Å². The van der Waals surface area contributed by atoms with Crippen LogP contribution in [-0.4, -0.2) is 12.0 Å². The molecule has 0 atom stereocenters. The molecule has 0 unspecified atom stereocenters. The fourth-order valence-corrected chi connectivity index (χ4v) is 1.55. The molecule has 0 aliphatic carbocycles. The smallest absolute Gasteiger partial charge is 0.228 e. The zero-order chi connectivity index (χ0) is 9.84. The van der Waals surface area contributed by atoms with Crippen molar-refractivity contribution in [2.75, 3.05) is 7.11 Å². The summed E-state index contributed by atoms with van der Waals surface area (Å²) >= 11 is 3.25. The molecule has 1 rings (SSSR count). The molecule has 0 aromatic heterocycles. The summed E-state index contributed by atoms with van der Waals surface area (Å²) < 4.78 is 5.72. The van der Waals surface area contributed by atoms with Crippen molar-refractivity contribution in [3.8, 4) is 5.75 Å². The number of benzene rings is 1. The minimum atomic E-state index is -0.367. The van der Waals surface area contributed by atoms with Gasteiger partial charge in [-0.3, -0.25) is 10.1 Å². The highest BCUT2D eigenvalue weighted by atomic mass is 79.9. The number of hydrogen-bond acceptors (Lipinski definition) is 3. The van der Waals surface area contributed by atoms with Crippen LogP contribution < -0.4 is 4.74 Å². The first kappa shape index (κ1) is 9.98. The van der Waals surface area contributed by atoms with Gasteiger partial charge in [0.1, 0.15) is 5.75 Å². The van der Waals surface area contributed by atoms with E-state index in [1.807, 2.05) is 0 Å². The van der Waals surface area contributed by atoms with E-state index in [2.05, 4.69) is 15.9 Å². The van der Waals surface area contributed by atoms with Gasteiger partial charge < -0.3 is 4.74 Å². The third-order valence-electron chi connectivity index (χ3n) is 1.53. The summed E-state index contributed by atoms with van der Waals surface area (Å²) in [6, 6.07) is 5.05. The summed E-state index contributed by atoms with van der Waals surface area (Å²) in [5.74, 6) is 0.673. The molecule has 5 heteroatoms. The average Bonchev–Trinajstić information content (AvgIpc) is 2.03.